The van der Waals surface area contributed by atoms with Crippen LogP contribution in [0.4, 0.5) is 0 Å². The van der Waals surface area contributed by atoms with Crippen LogP contribution in [0.2, 0.25) is 0 Å². The molecule has 5 nitrogen and oxygen atoms in total. The molecule has 0 spiro atoms. The van der Waals surface area contributed by atoms with E-state index in [-0.39, 0.29) is 31.0 Å². The van der Waals surface area contributed by atoms with E-state index < -0.39 is 0 Å². The first-order valence-electron chi connectivity index (χ1n) is 4.19. The Bertz CT molecular complexity index is 201. The van der Waals surface area contributed by atoms with E-state index in [0.717, 1.165) is 0 Å². The average Bonchev–Trinajstić information content (AvgIpc) is 2.02. The maximum atomic E-state index is 10.9. The maximum Gasteiger partial charge on any atom is 0.240 e. The van der Waals surface area contributed by atoms with Gasteiger partial charge in [-0.2, -0.15) is 0 Å². The molecule has 0 radical (unpaired) electrons. The highest BCUT2D eigenvalue weighted by molar-refractivity contribution is 5.99. The Hall–Kier alpha value is -0.940. The summed E-state index contributed by atoms with van der Waals surface area (Å²) in [7, 11) is 1.61. The fraction of sp³-hybridized carbons (Fsp3) is 0.750. The molecule has 13 heavy (non-hydrogen) atoms. The van der Waals surface area contributed by atoms with E-state index in [1.54, 1.807) is 12.0 Å². The molecule has 1 fully saturated rings. The highest BCUT2D eigenvalue weighted by Crippen LogP contribution is 1.98. The van der Waals surface area contributed by atoms with E-state index in [2.05, 4.69) is 5.32 Å². The number of nitrogens with one attached hydrogen (secondary N) is 1. The van der Waals surface area contributed by atoms with Crippen molar-refractivity contribution >= 4 is 11.8 Å². The van der Waals surface area contributed by atoms with Gasteiger partial charge in [0.2, 0.25) is 11.8 Å². The fourth-order valence-electron chi connectivity index (χ4n) is 1.26. The molecule has 0 bridgehead atoms. The summed E-state index contributed by atoms with van der Waals surface area (Å²) in [6, 6.07) is 0. The van der Waals surface area contributed by atoms with Gasteiger partial charge in [-0.05, 0) is 6.92 Å². The quantitative estimate of drug-likeness (QED) is 0.573. The highest BCUT2D eigenvalue weighted by Gasteiger charge is 2.23. The van der Waals surface area contributed by atoms with Crippen LogP contribution in [0.15, 0.2) is 0 Å². The van der Waals surface area contributed by atoms with Crippen molar-refractivity contribution in [2.24, 2.45) is 0 Å². The summed E-state index contributed by atoms with van der Waals surface area (Å²) in [5.41, 5.74) is 0. The summed E-state index contributed by atoms with van der Waals surface area (Å²) in [5.74, 6) is -0.473. The monoisotopic (exact) mass is 186 g/mol. The molecule has 0 saturated carbocycles. The van der Waals surface area contributed by atoms with E-state index >= 15 is 0 Å². The van der Waals surface area contributed by atoms with Gasteiger partial charge in [0.15, 0.2) is 0 Å². The molecule has 1 unspecified atom stereocenters. The minimum absolute atomic E-state index is 0.0405. The van der Waals surface area contributed by atoms with Gasteiger partial charge in [0, 0.05) is 13.7 Å². The van der Waals surface area contributed by atoms with Crippen LogP contribution in [0.1, 0.15) is 6.92 Å². The van der Waals surface area contributed by atoms with Crippen LogP contribution < -0.4 is 5.32 Å². The Morgan fingerprint density at radius 2 is 2.00 bits per heavy atom. The highest BCUT2D eigenvalue weighted by atomic mass is 16.5. The summed E-state index contributed by atoms with van der Waals surface area (Å²) in [6.45, 7) is 3.06. The number of piperazine rings is 1. The van der Waals surface area contributed by atoms with Crippen LogP contribution in [0, 0.1) is 0 Å². The number of hydrogen-bond donors (Lipinski definition) is 1. The Labute approximate surface area is 77.0 Å². The summed E-state index contributed by atoms with van der Waals surface area (Å²) in [5, 5.41) is 2.24. The molecular weight excluding hydrogens is 172 g/mol. The Balaban J connectivity index is 2.41. The molecule has 1 aliphatic heterocycles. The second-order valence-corrected chi connectivity index (χ2v) is 3.19. The lowest BCUT2D eigenvalue weighted by Crippen LogP contribution is -2.52. The minimum atomic E-state index is -0.237. The summed E-state index contributed by atoms with van der Waals surface area (Å²) in [4.78, 5) is 23.7. The molecule has 1 atom stereocenters. The lowest BCUT2D eigenvalue weighted by Gasteiger charge is -2.27. The van der Waals surface area contributed by atoms with E-state index in [1.165, 1.54) is 0 Å². The predicted octanol–water partition coefficient (Wildman–Crippen LogP) is -1.02. The van der Waals surface area contributed by atoms with Crippen molar-refractivity contribution in [3.05, 3.63) is 0 Å². The Kier molecular flexibility index (Phi) is 3.39. The first kappa shape index (κ1) is 10.1. The standard InChI is InChI=1S/C8H14N2O3/c1-6(13-2)3-10-4-7(11)9-8(12)5-10/h6H,3-5H2,1-2H3,(H,9,11,12). The smallest absolute Gasteiger partial charge is 0.240 e. The maximum absolute atomic E-state index is 10.9. The van der Waals surface area contributed by atoms with Crippen LogP contribution >= 0.6 is 0 Å². The van der Waals surface area contributed by atoms with Gasteiger partial charge < -0.3 is 4.74 Å². The Morgan fingerprint density at radius 1 is 1.46 bits per heavy atom. The van der Waals surface area contributed by atoms with Crippen LogP contribution in [0.3, 0.4) is 0 Å². The first-order chi connectivity index (χ1) is 6.11. The number of hydrogen-bond acceptors (Lipinski definition) is 4. The van der Waals surface area contributed by atoms with Crippen molar-refractivity contribution < 1.29 is 14.3 Å². The molecule has 1 heterocycles. The predicted molar refractivity (Wildman–Crippen MR) is 46.1 cm³/mol. The number of nitrogens with zero attached hydrogens (tertiary/aromatic N) is 1. The van der Waals surface area contributed by atoms with Crippen LogP contribution in [-0.2, 0) is 14.3 Å². The van der Waals surface area contributed by atoms with E-state index in [9.17, 15) is 9.59 Å². The van der Waals surface area contributed by atoms with Gasteiger partial charge >= 0.3 is 0 Å². The number of ether oxygens (including phenoxy) is 1. The van der Waals surface area contributed by atoms with Crippen LogP contribution in [-0.4, -0.2) is 49.6 Å². The lowest BCUT2D eigenvalue weighted by atomic mass is 10.3. The molecule has 1 rings (SSSR count). The van der Waals surface area contributed by atoms with Crippen molar-refractivity contribution in [1.82, 2.24) is 10.2 Å². The molecular formula is C8H14N2O3. The molecule has 0 aromatic rings. The molecule has 1 aliphatic rings. The van der Waals surface area contributed by atoms with Gasteiger partial charge in [-0.25, -0.2) is 0 Å². The van der Waals surface area contributed by atoms with E-state index in [4.69, 9.17) is 4.74 Å². The summed E-state index contributed by atoms with van der Waals surface area (Å²) >= 11 is 0. The minimum Gasteiger partial charge on any atom is -0.380 e. The second-order valence-electron chi connectivity index (χ2n) is 3.19. The van der Waals surface area contributed by atoms with Gasteiger partial charge in [0.05, 0.1) is 19.2 Å². The number of carbonyl (C=O) groups is 2. The van der Waals surface area contributed by atoms with Crippen molar-refractivity contribution in [2.45, 2.75) is 13.0 Å². The molecule has 0 aliphatic carbocycles. The van der Waals surface area contributed by atoms with E-state index in [0.29, 0.717) is 6.54 Å². The molecule has 5 heteroatoms. The van der Waals surface area contributed by atoms with Crippen molar-refractivity contribution in [3.8, 4) is 0 Å². The summed E-state index contributed by atoms with van der Waals surface area (Å²) in [6.07, 6.45) is 0.0405. The molecule has 74 valence electrons. The molecule has 1 saturated heterocycles. The molecule has 0 aromatic carbocycles. The third kappa shape index (κ3) is 3.12. The number of amides is 2. The van der Waals surface area contributed by atoms with Gasteiger partial charge in [-0.15, -0.1) is 0 Å². The van der Waals surface area contributed by atoms with Gasteiger partial charge in [0.25, 0.3) is 0 Å². The van der Waals surface area contributed by atoms with Crippen molar-refractivity contribution in [2.75, 3.05) is 26.7 Å². The second kappa shape index (κ2) is 4.34. The zero-order valence-electron chi connectivity index (χ0n) is 7.87. The molecule has 0 aromatic heterocycles. The molecule has 2 amide bonds. The largest absolute Gasteiger partial charge is 0.380 e. The third-order valence-electron chi connectivity index (χ3n) is 1.93. The zero-order valence-corrected chi connectivity index (χ0v) is 7.87. The number of methoxy groups -OCH3 is 1. The average molecular weight is 186 g/mol. The van der Waals surface area contributed by atoms with Crippen molar-refractivity contribution in [1.29, 1.82) is 0 Å². The van der Waals surface area contributed by atoms with Gasteiger partial charge in [0.1, 0.15) is 0 Å². The summed E-state index contributed by atoms with van der Waals surface area (Å²) < 4.78 is 5.04. The lowest BCUT2D eigenvalue weighted by molar-refractivity contribution is -0.136. The van der Waals surface area contributed by atoms with Gasteiger partial charge in [-0.1, -0.05) is 0 Å². The first-order valence-corrected chi connectivity index (χ1v) is 4.19. The number of rotatable bonds is 3. The SMILES string of the molecule is COC(C)CN1CC(=O)NC(=O)C1. The van der Waals surface area contributed by atoms with E-state index in [1.807, 2.05) is 6.92 Å². The van der Waals surface area contributed by atoms with Crippen molar-refractivity contribution in [3.63, 3.8) is 0 Å². The number of carbonyl (C=O) groups excluding carboxylic acids is 2. The third-order valence-corrected chi connectivity index (χ3v) is 1.93. The van der Waals surface area contributed by atoms with Crippen LogP contribution in [0.25, 0.3) is 0 Å². The van der Waals surface area contributed by atoms with Crippen LogP contribution in [0.5, 0.6) is 0 Å². The Morgan fingerprint density at radius 3 is 2.46 bits per heavy atom. The normalized spacial score (nSPS) is 21.4. The topological polar surface area (TPSA) is 58.6 Å². The van der Waals surface area contributed by atoms with Gasteiger partial charge in [-0.3, -0.25) is 19.8 Å². The molecule has 1 N–H and O–H groups in total. The number of imide groups is 1. The zero-order chi connectivity index (χ0) is 9.84. The fourth-order valence-corrected chi connectivity index (χ4v) is 1.26.